The molecule has 0 heterocycles. The minimum atomic E-state index is 0.685. The second-order valence-corrected chi connectivity index (χ2v) is 3.84. The molecule has 0 aromatic heterocycles. The van der Waals surface area contributed by atoms with Crippen molar-refractivity contribution in [1.29, 1.82) is 0 Å². The molecule has 0 aliphatic carbocycles. The fourth-order valence-electron chi connectivity index (χ4n) is 1.09. The Kier molecular flexibility index (Phi) is 4.03. The van der Waals surface area contributed by atoms with Crippen LogP contribution in [-0.4, -0.2) is 14.2 Å². The first kappa shape index (κ1) is 10.8. The summed E-state index contributed by atoms with van der Waals surface area (Å²) in [5, 5.41) is 3.74. The summed E-state index contributed by atoms with van der Waals surface area (Å²) in [6.45, 7) is 0.761. The first-order valence-corrected chi connectivity index (χ1v) is 5.02. The molecular weight excluding hydrogens is 253 g/mol. The minimum Gasteiger partial charge on any atom is -0.496 e. The molecule has 13 heavy (non-hydrogen) atoms. The lowest BCUT2D eigenvalue weighted by Gasteiger charge is -2.09. The van der Waals surface area contributed by atoms with E-state index < -0.39 is 0 Å². The normalized spacial score (nSPS) is 10.2. The molecule has 1 N–H and O–H groups in total. The maximum absolute atomic E-state index is 5.91. The van der Waals surface area contributed by atoms with Gasteiger partial charge in [0.2, 0.25) is 0 Å². The van der Waals surface area contributed by atoms with Gasteiger partial charge in [-0.1, -0.05) is 11.6 Å². The molecule has 2 nitrogen and oxygen atoms in total. The third kappa shape index (κ3) is 2.59. The number of benzene rings is 1. The fraction of sp³-hybridized carbons (Fsp3) is 0.333. The smallest absolute Gasteiger partial charge is 0.134 e. The molecule has 0 bridgehead atoms. The largest absolute Gasteiger partial charge is 0.496 e. The van der Waals surface area contributed by atoms with E-state index in [0.717, 1.165) is 22.3 Å². The summed E-state index contributed by atoms with van der Waals surface area (Å²) >= 11 is 9.36. The number of hydrogen-bond donors (Lipinski definition) is 1. The molecule has 0 aliphatic rings. The Bertz CT molecular complexity index is 304. The molecular formula is C9H11BrClNO. The zero-order chi connectivity index (χ0) is 9.84. The second-order valence-electron chi connectivity index (χ2n) is 2.61. The van der Waals surface area contributed by atoms with Crippen LogP contribution in [-0.2, 0) is 6.54 Å². The molecule has 1 aromatic rings. The van der Waals surface area contributed by atoms with E-state index in [1.165, 1.54) is 0 Å². The molecule has 0 unspecified atom stereocenters. The number of methoxy groups -OCH3 is 1. The predicted molar refractivity (Wildman–Crippen MR) is 58.5 cm³/mol. The third-order valence-corrected chi connectivity index (χ3v) is 2.78. The Labute approximate surface area is 91.4 Å². The van der Waals surface area contributed by atoms with Crippen LogP contribution in [0.25, 0.3) is 0 Å². The summed E-state index contributed by atoms with van der Waals surface area (Å²) in [6.07, 6.45) is 0. The molecule has 4 heteroatoms. The van der Waals surface area contributed by atoms with Crippen molar-refractivity contribution < 1.29 is 4.74 Å². The van der Waals surface area contributed by atoms with Crippen molar-refractivity contribution in [3.63, 3.8) is 0 Å². The molecule has 0 atom stereocenters. The molecule has 72 valence electrons. The number of halogens is 2. The van der Waals surface area contributed by atoms with Crippen LogP contribution < -0.4 is 10.1 Å². The molecule has 1 rings (SSSR count). The number of ether oxygens (including phenoxy) is 1. The average Bonchev–Trinajstić information content (AvgIpc) is 2.11. The van der Waals surface area contributed by atoms with Crippen molar-refractivity contribution in [2.75, 3.05) is 14.2 Å². The van der Waals surface area contributed by atoms with Crippen LogP contribution in [0.2, 0.25) is 5.02 Å². The van der Waals surface area contributed by atoms with E-state index in [4.69, 9.17) is 16.3 Å². The SMILES string of the molecule is CNCc1cc(Cl)cc(OC)c1Br. The van der Waals surface area contributed by atoms with E-state index in [9.17, 15) is 0 Å². The Hall–Kier alpha value is -0.250. The van der Waals surface area contributed by atoms with Crippen LogP contribution in [0.15, 0.2) is 16.6 Å². The number of hydrogen-bond acceptors (Lipinski definition) is 2. The van der Waals surface area contributed by atoms with Crippen LogP contribution in [0.3, 0.4) is 0 Å². The Morgan fingerprint density at radius 3 is 2.77 bits per heavy atom. The minimum absolute atomic E-state index is 0.685. The van der Waals surface area contributed by atoms with Crippen LogP contribution in [0.1, 0.15) is 5.56 Å². The lowest BCUT2D eigenvalue weighted by molar-refractivity contribution is 0.411. The van der Waals surface area contributed by atoms with Gasteiger partial charge in [-0.3, -0.25) is 0 Å². The van der Waals surface area contributed by atoms with Gasteiger partial charge in [0, 0.05) is 11.6 Å². The summed E-state index contributed by atoms with van der Waals surface area (Å²) in [5.41, 5.74) is 1.09. The van der Waals surface area contributed by atoms with Gasteiger partial charge in [0.1, 0.15) is 5.75 Å². The Morgan fingerprint density at radius 2 is 2.23 bits per heavy atom. The molecule has 1 aromatic carbocycles. The maximum atomic E-state index is 5.91. The molecule has 0 aliphatic heterocycles. The number of rotatable bonds is 3. The van der Waals surface area contributed by atoms with E-state index in [1.54, 1.807) is 13.2 Å². The standard InChI is InChI=1S/C9H11BrClNO/c1-12-5-6-3-7(11)4-8(13-2)9(6)10/h3-4,12H,5H2,1-2H3. The van der Waals surface area contributed by atoms with Crippen LogP contribution in [0.4, 0.5) is 0 Å². The Morgan fingerprint density at radius 1 is 1.54 bits per heavy atom. The second kappa shape index (κ2) is 4.84. The first-order valence-electron chi connectivity index (χ1n) is 3.85. The highest BCUT2D eigenvalue weighted by Gasteiger charge is 2.07. The zero-order valence-corrected chi connectivity index (χ0v) is 9.87. The zero-order valence-electron chi connectivity index (χ0n) is 7.53. The van der Waals surface area contributed by atoms with E-state index >= 15 is 0 Å². The Balaban J connectivity index is 3.11. The van der Waals surface area contributed by atoms with Crippen molar-refractivity contribution >= 4 is 27.5 Å². The topological polar surface area (TPSA) is 21.3 Å². The fourth-order valence-corrected chi connectivity index (χ4v) is 1.85. The van der Waals surface area contributed by atoms with Gasteiger partial charge in [0.05, 0.1) is 11.6 Å². The van der Waals surface area contributed by atoms with E-state index in [2.05, 4.69) is 21.2 Å². The molecule has 0 saturated carbocycles. The van der Waals surface area contributed by atoms with Crippen molar-refractivity contribution in [3.05, 3.63) is 27.2 Å². The van der Waals surface area contributed by atoms with Crippen LogP contribution in [0, 0.1) is 0 Å². The van der Waals surface area contributed by atoms with Crippen molar-refractivity contribution in [2.45, 2.75) is 6.54 Å². The van der Waals surface area contributed by atoms with Gasteiger partial charge in [-0.2, -0.15) is 0 Å². The highest BCUT2D eigenvalue weighted by molar-refractivity contribution is 9.10. The molecule has 0 fully saturated rings. The summed E-state index contributed by atoms with van der Waals surface area (Å²) in [6, 6.07) is 3.69. The van der Waals surface area contributed by atoms with Gasteiger partial charge in [-0.15, -0.1) is 0 Å². The lowest BCUT2D eigenvalue weighted by Crippen LogP contribution is -2.06. The molecule has 0 amide bonds. The van der Waals surface area contributed by atoms with E-state index in [0.29, 0.717) is 5.02 Å². The third-order valence-electron chi connectivity index (χ3n) is 1.67. The van der Waals surface area contributed by atoms with Crippen molar-refractivity contribution in [3.8, 4) is 5.75 Å². The predicted octanol–water partition coefficient (Wildman–Crippen LogP) is 2.83. The van der Waals surface area contributed by atoms with Gasteiger partial charge in [0.25, 0.3) is 0 Å². The van der Waals surface area contributed by atoms with Crippen molar-refractivity contribution in [2.24, 2.45) is 0 Å². The highest BCUT2D eigenvalue weighted by atomic mass is 79.9. The maximum Gasteiger partial charge on any atom is 0.134 e. The molecule has 0 saturated heterocycles. The van der Waals surface area contributed by atoms with Gasteiger partial charge < -0.3 is 10.1 Å². The van der Waals surface area contributed by atoms with E-state index in [1.807, 2.05) is 13.1 Å². The average molecular weight is 265 g/mol. The monoisotopic (exact) mass is 263 g/mol. The van der Waals surface area contributed by atoms with Gasteiger partial charge in [0.15, 0.2) is 0 Å². The quantitative estimate of drug-likeness (QED) is 0.906. The summed E-state index contributed by atoms with van der Waals surface area (Å²) in [4.78, 5) is 0. The van der Waals surface area contributed by atoms with Gasteiger partial charge in [-0.25, -0.2) is 0 Å². The van der Waals surface area contributed by atoms with Crippen LogP contribution >= 0.6 is 27.5 Å². The molecule has 0 spiro atoms. The van der Waals surface area contributed by atoms with Gasteiger partial charge >= 0.3 is 0 Å². The summed E-state index contributed by atoms with van der Waals surface area (Å²) in [5.74, 6) is 0.762. The molecule has 0 radical (unpaired) electrons. The summed E-state index contributed by atoms with van der Waals surface area (Å²) in [7, 11) is 3.51. The van der Waals surface area contributed by atoms with E-state index in [-0.39, 0.29) is 0 Å². The van der Waals surface area contributed by atoms with Gasteiger partial charge in [-0.05, 0) is 40.7 Å². The number of nitrogens with one attached hydrogen (secondary N) is 1. The highest BCUT2D eigenvalue weighted by Crippen LogP contribution is 2.31. The van der Waals surface area contributed by atoms with Crippen LogP contribution in [0.5, 0.6) is 5.75 Å². The first-order chi connectivity index (χ1) is 6.19. The summed E-state index contributed by atoms with van der Waals surface area (Å²) < 4.78 is 6.11. The van der Waals surface area contributed by atoms with Crippen molar-refractivity contribution in [1.82, 2.24) is 5.32 Å². The lowest BCUT2D eigenvalue weighted by atomic mass is 10.2.